The Kier molecular flexibility index (Phi) is 8.76. The van der Waals surface area contributed by atoms with Gasteiger partial charge in [-0.1, -0.05) is 11.6 Å². The lowest BCUT2D eigenvalue weighted by Gasteiger charge is -2.22. The van der Waals surface area contributed by atoms with Gasteiger partial charge in [-0.2, -0.15) is 0 Å². The van der Waals surface area contributed by atoms with Crippen molar-refractivity contribution in [3.63, 3.8) is 0 Å². The number of benzene rings is 1. The number of aromatic nitrogens is 2. The predicted molar refractivity (Wildman–Crippen MR) is 98.2 cm³/mol. The van der Waals surface area contributed by atoms with E-state index in [1.54, 1.807) is 14.2 Å². The maximum Gasteiger partial charge on any atom is 0.122 e. The van der Waals surface area contributed by atoms with Crippen LogP contribution in [-0.4, -0.2) is 61.6 Å². The molecule has 0 aliphatic carbocycles. The Morgan fingerprint density at radius 1 is 1.04 bits per heavy atom. The minimum absolute atomic E-state index is 0.587. The zero-order chi connectivity index (χ0) is 17.9. The van der Waals surface area contributed by atoms with Crippen LogP contribution < -0.4 is 4.74 Å². The number of halogens is 1. The highest BCUT2D eigenvalue weighted by Gasteiger charge is 2.11. The third kappa shape index (κ3) is 7.04. The molecule has 25 heavy (non-hydrogen) atoms. The van der Waals surface area contributed by atoms with Crippen LogP contribution in [0.5, 0.6) is 5.75 Å². The van der Waals surface area contributed by atoms with E-state index in [0.29, 0.717) is 24.8 Å². The first-order chi connectivity index (χ1) is 12.2. The summed E-state index contributed by atoms with van der Waals surface area (Å²) in [6.07, 6.45) is 3.80. The standard InChI is InChI=1S/C18H26ClN3O3/c1-23-12-9-21(10-14-25-17-5-3-16(19)4-6-17)15-18-20-7-8-22(18)11-13-24-2/h3-8H,9-15H2,1-2H3. The minimum Gasteiger partial charge on any atom is -0.492 e. The molecular formula is C18H26ClN3O3. The maximum atomic E-state index is 5.89. The second-order valence-electron chi connectivity index (χ2n) is 5.60. The van der Waals surface area contributed by atoms with Crippen molar-refractivity contribution in [2.45, 2.75) is 13.1 Å². The zero-order valence-electron chi connectivity index (χ0n) is 14.9. The largest absolute Gasteiger partial charge is 0.492 e. The highest BCUT2D eigenvalue weighted by Crippen LogP contribution is 2.15. The summed E-state index contributed by atoms with van der Waals surface area (Å²) in [6, 6.07) is 7.40. The predicted octanol–water partition coefficient (Wildman–Crippen LogP) is 2.71. The first-order valence-electron chi connectivity index (χ1n) is 8.31. The third-order valence-electron chi connectivity index (χ3n) is 3.80. The quantitative estimate of drug-likeness (QED) is 0.577. The van der Waals surface area contributed by atoms with Crippen molar-refractivity contribution in [2.24, 2.45) is 0 Å². The van der Waals surface area contributed by atoms with E-state index in [0.717, 1.165) is 37.8 Å². The smallest absolute Gasteiger partial charge is 0.122 e. The van der Waals surface area contributed by atoms with Gasteiger partial charge in [0.2, 0.25) is 0 Å². The van der Waals surface area contributed by atoms with E-state index in [1.807, 2.05) is 36.7 Å². The second-order valence-corrected chi connectivity index (χ2v) is 6.04. The molecule has 2 rings (SSSR count). The number of rotatable bonds is 12. The molecule has 0 aliphatic heterocycles. The normalized spacial score (nSPS) is 11.2. The van der Waals surface area contributed by atoms with Crippen molar-refractivity contribution in [1.29, 1.82) is 0 Å². The van der Waals surface area contributed by atoms with Crippen LogP contribution in [0.25, 0.3) is 0 Å². The lowest BCUT2D eigenvalue weighted by Crippen LogP contribution is -2.32. The molecule has 0 unspecified atom stereocenters. The van der Waals surface area contributed by atoms with Crippen molar-refractivity contribution in [3.05, 3.63) is 47.5 Å². The van der Waals surface area contributed by atoms with Gasteiger partial charge in [0, 0.05) is 51.3 Å². The summed E-state index contributed by atoms with van der Waals surface area (Å²) < 4.78 is 18.3. The summed E-state index contributed by atoms with van der Waals surface area (Å²) in [7, 11) is 3.41. The van der Waals surface area contributed by atoms with Crippen LogP contribution in [-0.2, 0) is 22.6 Å². The molecule has 0 saturated heterocycles. The van der Waals surface area contributed by atoms with Gasteiger partial charge in [-0.3, -0.25) is 4.90 Å². The van der Waals surface area contributed by atoms with Gasteiger partial charge in [-0.05, 0) is 24.3 Å². The van der Waals surface area contributed by atoms with E-state index in [-0.39, 0.29) is 0 Å². The molecule has 1 aromatic carbocycles. The van der Waals surface area contributed by atoms with Crippen molar-refractivity contribution >= 4 is 11.6 Å². The van der Waals surface area contributed by atoms with Crippen LogP contribution in [0.3, 0.4) is 0 Å². The topological polar surface area (TPSA) is 48.8 Å². The van der Waals surface area contributed by atoms with Crippen molar-refractivity contribution in [3.8, 4) is 5.75 Å². The Morgan fingerprint density at radius 2 is 1.76 bits per heavy atom. The average molecular weight is 368 g/mol. The van der Waals surface area contributed by atoms with E-state index in [2.05, 4.69) is 14.5 Å². The van der Waals surface area contributed by atoms with Crippen molar-refractivity contribution in [2.75, 3.05) is 47.1 Å². The molecule has 6 nitrogen and oxygen atoms in total. The van der Waals surface area contributed by atoms with Gasteiger partial charge in [-0.25, -0.2) is 4.98 Å². The molecule has 7 heteroatoms. The Hall–Kier alpha value is -1.60. The Labute approximate surface area is 154 Å². The fourth-order valence-electron chi connectivity index (χ4n) is 2.40. The second kappa shape index (κ2) is 11.1. The summed E-state index contributed by atoms with van der Waals surface area (Å²) in [5, 5.41) is 0.706. The van der Waals surface area contributed by atoms with Crippen LogP contribution in [0.15, 0.2) is 36.7 Å². The number of hydrogen-bond donors (Lipinski definition) is 0. The summed E-state index contributed by atoms with van der Waals surface area (Å²) in [4.78, 5) is 6.73. The van der Waals surface area contributed by atoms with E-state index in [1.165, 1.54) is 0 Å². The zero-order valence-corrected chi connectivity index (χ0v) is 15.6. The first-order valence-corrected chi connectivity index (χ1v) is 8.69. The molecule has 1 heterocycles. The Morgan fingerprint density at radius 3 is 2.48 bits per heavy atom. The number of hydrogen-bond acceptors (Lipinski definition) is 5. The van der Waals surface area contributed by atoms with Crippen molar-refractivity contribution < 1.29 is 14.2 Å². The number of imidazole rings is 1. The van der Waals surface area contributed by atoms with Gasteiger partial charge >= 0.3 is 0 Å². The number of methoxy groups -OCH3 is 2. The van der Waals surface area contributed by atoms with Gasteiger partial charge < -0.3 is 18.8 Å². The average Bonchev–Trinajstić information content (AvgIpc) is 3.06. The molecular weight excluding hydrogens is 342 g/mol. The molecule has 138 valence electrons. The van der Waals surface area contributed by atoms with Crippen LogP contribution in [0.1, 0.15) is 5.82 Å². The van der Waals surface area contributed by atoms with Crippen molar-refractivity contribution in [1.82, 2.24) is 14.5 Å². The molecule has 0 N–H and O–H groups in total. The Balaban J connectivity index is 1.87. The summed E-state index contributed by atoms with van der Waals surface area (Å²) in [5.41, 5.74) is 0. The van der Waals surface area contributed by atoms with Crippen LogP contribution in [0.2, 0.25) is 5.02 Å². The van der Waals surface area contributed by atoms with Gasteiger partial charge in [0.15, 0.2) is 0 Å². The van der Waals surface area contributed by atoms with Gasteiger partial charge in [0.05, 0.1) is 19.8 Å². The highest BCUT2D eigenvalue weighted by atomic mass is 35.5. The van der Waals surface area contributed by atoms with E-state index >= 15 is 0 Å². The van der Waals surface area contributed by atoms with Crippen LogP contribution in [0.4, 0.5) is 0 Å². The lowest BCUT2D eigenvalue weighted by atomic mass is 10.3. The molecule has 0 bridgehead atoms. The molecule has 0 atom stereocenters. The van der Waals surface area contributed by atoms with Gasteiger partial charge in [0.25, 0.3) is 0 Å². The first kappa shape index (κ1) is 19.7. The van der Waals surface area contributed by atoms with E-state index < -0.39 is 0 Å². The monoisotopic (exact) mass is 367 g/mol. The number of ether oxygens (including phenoxy) is 3. The molecule has 0 aliphatic rings. The Bertz CT molecular complexity index is 604. The molecule has 0 spiro atoms. The van der Waals surface area contributed by atoms with E-state index in [9.17, 15) is 0 Å². The molecule has 1 aromatic heterocycles. The minimum atomic E-state index is 0.587. The SMILES string of the molecule is COCCN(CCOc1ccc(Cl)cc1)Cc1nccn1CCOC. The van der Waals surface area contributed by atoms with Crippen LogP contribution >= 0.6 is 11.6 Å². The summed E-state index contributed by atoms with van der Waals surface area (Å²) in [6.45, 7) is 5.06. The molecule has 0 fully saturated rings. The van der Waals surface area contributed by atoms with E-state index in [4.69, 9.17) is 25.8 Å². The lowest BCUT2D eigenvalue weighted by molar-refractivity contribution is 0.127. The molecule has 0 radical (unpaired) electrons. The van der Waals surface area contributed by atoms with Gasteiger partial charge in [0.1, 0.15) is 18.2 Å². The fraction of sp³-hybridized carbons (Fsp3) is 0.500. The number of nitrogens with zero attached hydrogens (tertiary/aromatic N) is 3. The molecule has 0 amide bonds. The highest BCUT2D eigenvalue weighted by molar-refractivity contribution is 6.30. The summed E-state index contributed by atoms with van der Waals surface area (Å²) >= 11 is 5.89. The fourth-order valence-corrected chi connectivity index (χ4v) is 2.52. The maximum absolute atomic E-state index is 5.89. The summed E-state index contributed by atoms with van der Waals surface area (Å²) in [5.74, 6) is 1.83. The van der Waals surface area contributed by atoms with Gasteiger partial charge in [-0.15, -0.1) is 0 Å². The van der Waals surface area contributed by atoms with Crippen LogP contribution in [0, 0.1) is 0 Å². The molecule has 0 saturated carbocycles. The third-order valence-corrected chi connectivity index (χ3v) is 4.06. The molecule has 2 aromatic rings.